The van der Waals surface area contributed by atoms with E-state index in [-0.39, 0.29) is 11.7 Å². The van der Waals surface area contributed by atoms with Crippen LogP contribution in [0, 0.1) is 6.92 Å². The maximum atomic E-state index is 12.4. The molecule has 1 saturated heterocycles. The SMILES string of the molecule is Cc1ccc(-c2nc(SCC(=O)N3CCCC[C@H]3C(N)=O)n[nH]2)cc1. The lowest BCUT2D eigenvalue weighted by Crippen LogP contribution is -2.51. The van der Waals surface area contributed by atoms with E-state index >= 15 is 0 Å². The van der Waals surface area contributed by atoms with Crippen molar-refractivity contribution < 1.29 is 9.59 Å². The van der Waals surface area contributed by atoms with Crippen LogP contribution in [0.3, 0.4) is 0 Å². The van der Waals surface area contributed by atoms with Gasteiger partial charge in [-0.05, 0) is 26.2 Å². The van der Waals surface area contributed by atoms with Gasteiger partial charge in [0.25, 0.3) is 0 Å². The van der Waals surface area contributed by atoms with Gasteiger partial charge in [-0.15, -0.1) is 5.10 Å². The fourth-order valence-corrected chi connectivity index (χ4v) is 3.57. The van der Waals surface area contributed by atoms with Crippen molar-refractivity contribution in [2.24, 2.45) is 5.73 Å². The van der Waals surface area contributed by atoms with Gasteiger partial charge in [0.1, 0.15) is 6.04 Å². The summed E-state index contributed by atoms with van der Waals surface area (Å²) >= 11 is 1.26. The molecule has 1 aliphatic rings. The van der Waals surface area contributed by atoms with E-state index in [4.69, 9.17) is 5.73 Å². The Balaban J connectivity index is 1.61. The van der Waals surface area contributed by atoms with Crippen molar-refractivity contribution in [1.82, 2.24) is 20.1 Å². The molecule has 1 aromatic carbocycles. The van der Waals surface area contributed by atoms with Gasteiger partial charge in [0, 0.05) is 12.1 Å². The van der Waals surface area contributed by atoms with Gasteiger partial charge in [-0.25, -0.2) is 4.98 Å². The largest absolute Gasteiger partial charge is 0.368 e. The molecular weight excluding hydrogens is 338 g/mol. The molecule has 8 heteroatoms. The normalized spacial score (nSPS) is 17.5. The van der Waals surface area contributed by atoms with Crippen molar-refractivity contribution in [3.8, 4) is 11.4 Å². The number of aromatic nitrogens is 3. The van der Waals surface area contributed by atoms with Crippen molar-refractivity contribution in [2.75, 3.05) is 12.3 Å². The minimum Gasteiger partial charge on any atom is -0.368 e. The highest BCUT2D eigenvalue weighted by Gasteiger charge is 2.30. The summed E-state index contributed by atoms with van der Waals surface area (Å²) in [6.45, 7) is 2.60. The van der Waals surface area contributed by atoms with E-state index in [0.29, 0.717) is 23.9 Å². The molecule has 0 radical (unpaired) electrons. The van der Waals surface area contributed by atoms with E-state index in [1.165, 1.54) is 17.3 Å². The maximum Gasteiger partial charge on any atom is 0.240 e. The van der Waals surface area contributed by atoms with Gasteiger partial charge in [-0.1, -0.05) is 41.6 Å². The van der Waals surface area contributed by atoms with Gasteiger partial charge in [-0.2, -0.15) is 0 Å². The van der Waals surface area contributed by atoms with Crippen molar-refractivity contribution in [2.45, 2.75) is 37.4 Å². The predicted molar refractivity (Wildman–Crippen MR) is 95.8 cm³/mol. The molecule has 3 rings (SSSR count). The number of aryl methyl sites for hydroxylation is 1. The zero-order valence-corrected chi connectivity index (χ0v) is 14.9. The number of benzene rings is 1. The van der Waals surface area contributed by atoms with Gasteiger partial charge >= 0.3 is 0 Å². The van der Waals surface area contributed by atoms with Crippen molar-refractivity contribution in [3.05, 3.63) is 29.8 Å². The number of amides is 2. The quantitative estimate of drug-likeness (QED) is 0.791. The van der Waals surface area contributed by atoms with Crippen LogP contribution in [0.15, 0.2) is 29.4 Å². The number of piperidine rings is 1. The number of rotatable bonds is 5. The average Bonchev–Trinajstić information content (AvgIpc) is 3.09. The van der Waals surface area contributed by atoms with Crippen molar-refractivity contribution in [3.63, 3.8) is 0 Å². The van der Waals surface area contributed by atoms with Crippen LogP contribution in [-0.4, -0.2) is 50.2 Å². The first kappa shape index (κ1) is 17.5. The second kappa shape index (κ2) is 7.69. The molecular formula is C17H21N5O2S. The molecule has 2 aromatic rings. The Morgan fingerprint density at radius 1 is 1.32 bits per heavy atom. The minimum absolute atomic E-state index is 0.102. The van der Waals surface area contributed by atoms with E-state index in [1.54, 1.807) is 4.90 Å². The van der Waals surface area contributed by atoms with Crippen molar-refractivity contribution >= 4 is 23.6 Å². The minimum atomic E-state index is -0.489. The van der Waals surface area contributed by atoms with E-state index in [2.05, 4.69) is 15.2 Å². The molecule has 7 nitrogen and oxygen atoms in total. The summed E-state index contributed by atoms with van der Waals surface area (Å²) in [5, 5.41) is 7.55. The first-order chi connectivity index (χ1) is 12.0. The summed E-state index contributed by atoms with van der Waals surface area (Å²) in [5.74, 6) is 0.324. The maximum absolute atomic E-state index is 12.4. The highest BCUT2D eigenvalue weighted by Crippen LogP contribution is 2.22. The third-order valence-electron chi connectivity index (χ3n) is 4.27. The second-order valence-electron chi connectivity index (χ2n) is 6.12. The number of likely N-dealkylation sites (tertiary alicyclic amines) is 1. The van der Waals surface area contributed by atoms with Crippen LogP contribution in [0.2, 0.25) is 0 Å². The van der Waals surface area contributed by atoms with Gasteiger partial charge in [0.15, 0.2) is 5.82 Å². The Hall–Kier alpha value is -2.35. The van der Waals surface area contributed by atoms with E-state index in [9.17, 15) is 9.59 Å². The number of H-pyrrole nitrogens is 1. The lowest BCUT2D eigenvalue weighted by atomic mass is 10.0. The molecule has 25 heavy (non-hydrogen) atoms. The summed E-state index contributed by atoms with van der Waals surface area (Å²) in [5.41, 5.74) is 7.53. The number of hydrogen-bond donors (Lipinski definition) is 2. The van der Waals surface area contributed by atoms with Crippen LogP contribution >= 0.6 is 11.8 Å². The van der Waals surface area contributed by atoms with Crippen LogP contribution in [0.4, 0.5) is 0 Å². The summed E-state index contributed by atoms with van der Waals surface area (Å²) in [4.78, 5) is 30.0. The molecule has 0 unspecified atom stereocenters. The highest BCUT2D eigenvalue weighted by atomic mass is 32.2. The Morgan fingerprint density at radius 2 is 2.08 bits per heavy atom. The smallest absolute Gasteiger partial charge is 0.240 e. The molecule has 1 fully saturated rings. The number of nitrogens with one attached hydrogen (secondary N) is 1. The molecule has 132 valence electrons. The van der Waals surface area contributed by atoms with E-state index in [0.717, 1.165) is 18.4 Å². The molecule has 0 saturated carbocycles. The fraction of sp³-hybridized carbons (Fsp3) is 0.412. The molecule has 1 aromatic heterocycles. The fourth-order valence-electron chi connectivity index (χ4n) is 2.89. The topological polar surface area (TPSA) is 105 Å². The van der Waals surface area contributed by atoms with E-state index in [1.807, 2.05) is 31.2 Å². The second-order valence-corrected chi connectivity index (χ2v) is 7.06. The predicted octanol–water partition coefficient (Wildman–Crippen LogP) is 1.74. The third-order valence-corrected chi connectivity index (χ3v) is 5.10. The lowest BCUT2D eigenvalue weighted by Gasteiger charge is -2.33. The number of hydrogen-bond acceptors (Lipinski definition) is 5. The van der Waals surface area contributed by atoms with Crippen LogP contribution in [0.25, 0.3) is 11.4 Å². The molecule has 3 N–H and O–H groups in total. The standard InChI is InChI=1S/C17H21N5O2S/c1-11-5-7-12(8-6-11)16-19-17(21-20-16)25-10-14(23)22-9-3-2-4-13(22)15(18)24/h5-8,13H,2-4,9-10H2,1H3,(H2,18,24)(H,19,20,21)/t13-/m0/s1. The summed E-state index contributed by atoms with van der Waals surface area (Å²) < 4.78 is 0. The van der Waals surface area contributed by atoms with Gasteiger partial charge in [-0.3, -0.25) is 14.7 Å². The number of nitrogens with two attached hydrogens (primary N) is 1. The number of thioether (sulfide) groups is 1. The number of carbonyl (C=O) groups is 2. The van der Waals surface area contributed by atoms with Crippen molar-refractivity contribution in [1.29, 1.82) is 0 Å². The highest BCUT2D eigenvalue weighted by molar-refractivity contribution is 7.99. The Kier molecular flexibility index (Phi) is 5.37. The molecule has 1 aliphatic heterocycles. The zero-order valence-electron chi connectivity index (χ0n) is 14.1. The summed E-state index contributed by atoms with van der Waals surface area (Å²) in [7, 11) is 0. The molecule has 0 bridgehead atoms. The monoisotopic (exact) mass is 359 g/mol. The van der Waals surface area contributed by atoms with Crippen LogP contribution in [0.5, 0.6) is 0 Å². The molecule has 0 aliphatic carbocycles. The third kappa shape index (κ3) is 4.19. The first-order valence-corrected chi connectivity index (χ1v) is 9.24. The molecule has 1 atom stereocenters. The molecule has 2 amide bonds. The van der Waals surface area contributed by atoms with Crippen LogP contribution in [-0.2, 0) is 9.59 Å². The van der Waals surface area contributed by atoms with Gasteiger partial charge in [0.2, 0.25) is 17.0 Å². The Bertz CT molecular complexity index is 759. The Labute approximate surface area is 150 Å². The number of primary amides is 1. The summed E-state index contributed by atoms with van der Waals surface area (Å²) in [6, 6.07) is 7.47. The molecule has 0 spiro atoms. The van der Waals surface area contributed by atoms with Gasteiger partial charge < -0.3 is 10.6 Å². The number of aromatic amines is 1. The van der Waals surface area contributed by atoms with Crippen LogP contribution < -0.4 is 5.73 Å². The van der Waals surface area contributed by atoms with Crippen LogP contribution in [0.1, 0.15) is 24.8 Å². The first-order valence-electron chi connectivity index (χ1n) is 8.25. The Morgan fingerprint density at radius 3 is 2.80 bits per heavy atom. The lowest BCUT2D eigenvalue weighted by molar-refractivity contribution is -0.138. The zero-order chi connectivity index (χ0) is 17.8. The summed E-state index contributed by atoms with van der Waals surface area (Å²) in [6.07, 6.45) is 2.47. The number of nitrogens with zero attached hydrogens (tertiary/aromatic N) is 3. The molecule has 2 heterocycles. The average molecular weight is 359 g/mol. The number of carbonyl (C=O) groups excluding carboxylic acids is 2. The van der Waals surface area contributed by atoms with E-state index < -0.39 is 11.9 Å². The van der Waals surface area contributed by atoms with Gasteiger partial charge in [0.05, 0.1) is 5.75 Å².